The van der Waals surface area contributed by atoms with E-state index in [9.17, 15) is 14.9 Å². The molecular weight excluding hydrogens is 248 g/mol. The molecule has 0 saturated heterocycles. The van der Waals surface area contributed by atoms with E-state index in [4.69, 9.17) is 5.41 Å². The van der Waals surface area contributed by atoms with Crippen molar-refractivity contribution < 1.29 is 9.72 Å². The van der Waals surface area contributed by atoms with Crippen LogP contribution in [0.15, 0.2) is 24.3 Å². The summed E-state index contributed by atoms with van der Waals surface area (Å²) in [6.07, 6.45) is 2.21. The molecule has 2 amide bonds. The first-order valence-corrected chi connectivity index (χ1v) is 5.93. The highest BCUT2D eigenvalue weighted by atomic mass is 16.6. The molecule has 0 atom stereocenters. The molecule has 0 radical (unpaired) electrons. The molecule has 7 heteroatoms. The van der Waals surface area contributed by atoms with Gasteiger partial charge in [-0.3, -0.25) is 20.8 Å². The highest BCUT2D eigenvalue weighted by Gasteiger charge is 2.14. The number of carbonyl (C=O) groups is 1. The summed E-state index contributed by atoms with van der Waals surface area (Å²) in [4.78, 5) is 21.8. The van der Waals surface area contributed by atoms with E-state index >= 15 is 0 Å². The Morgan fingerprint density at radius 3 is 2.74 bits per heavy atom. The van der Waals surface area contributed by atoms with Crippen molar-refractivity contribution in [1.29, 1.82) is 5.41 Å². The van der Waals surface area contributed by atoms with Crippen LogP contribution in [0, 0.1) is 15.5 Å². The molecule has 0 saturated carbocycles. The van der Waals surface area contributed by atoms with Gasteiger partial charge in [-0.05, 0) is 12.5 Å². The average Bonchev–Trinajstić information content (AvgIpc) is 2.36. The van der Waals surface area contributed by atoms with Gasteiger partial charge in [0.15, 0.2) is 0 Å². The van der Waals surface area contributed by atoms with Gasteiger partial charge in [-0.15, -0.1) is 0 Å². The number of nitro benzene ring substituents is 1. The van der Waals surface area contributed by atoms with Crippen molar-refractivity contribution in [2.75, 3.05) is 5.32 Å². The molecule has 1 aromatic rings. The minimum absolute atomic E-state index is 0.0953. The van der Waals surface area contributed by atoms with Crippen molar-refractivity contribution in [1.82, 2.24) is 5.32 Å². The number of amides is 2. The smallest absolute Gasteiger partial charge is 0.302 e. The molecule has 0 aromatic heterocycles. The number of urea groups is 1. The van der Waals surface area contributed by atoms with E-state index in [1.54, 1.807) is 6.07 Å². The van der Waals surface area contributed by atoms with Crippen molar-refractivity contribution in [3.63, 3.8) is 0 Å². The molecule has 0 aliphatic carbocycles. The summed E-state index contributed by atoms with van der Waals surface area (Å²) >= 11 is 0. The SMILES string of the molecule is CCCCC(=N)NC(=O)Nc1ccccc1[N+](=O)[O-]. The Morgan fingerprint density at radius 2 is 2.11 bits per heavy atom. The van der Waals surface area contributed by atoms with Crippen LogP contribution in [0.1, 0.15) is 26.2 Å². The Morgan fingerprint density at radius 1 is 1.42 bits per heavy atom. The van der Waals surface area contributed by atoms with Gasteiger partial charge in [0.2, 0.25) is 0 Å². The molecule has 19 heavy (non-hydrogen) atoms. The summed E-state index contributed by atoms with van der Waals surface area (Å²) in [5.74, 6) is 0.0953. The van der Waals surface area contributed by atoms with Crippen LogP contribution >= 0.6 is 0 Å². The van der Waals surface area contributed by atoms with Crippen LogP contribution in [0.5, 0.6) is 0 Å². The predicted molar refractivity (Wildman–Crippen MR) is 72.5 cm³/mol. The second-order valence-corrected chi connectivity index (χ2v) is 3.94. The lowest BCUT2D eigenvalue weighted by Gasteiger charge is -2.08. The van der Waals surface area contributed by atoms with E-state index in [0.29, 0.717) is 6.42 Å². The van der Waals surface area contributed by atoms with E-state index in [1.165, 1.54) is 18.2 Å². The maximum Gasteiger partial charge on any atom is 0.324 e. The lowest BCUT2D eigenvalue weighted by atomic mass is 10.2. The number of nitro groups is 1. The number of nitrogens with zero attached hydrogens (tertiary/aromatic N) is 1. The van der Waals surface area contributed by atoms with Crippen molar-refractivity contribution in [2.45, 2.75) is 26.2 Å². The standard InChI is InChI=1S/C12H16N4O3/c1-2-3-8-11(13)15-12(17)14-9-6-4-5-7-10(9)16(18)19/h4-7H,2-3,8H2,1H3,(H3,13,14,15,17). The number of carbonyl (C=O) groups excluding carboxylic acids is 1. The number of unbranched alkanes of at least 4 members (excludes halogenated alkanes) is 1. The van der Waals surface area contributed by atoms with E-state index in [1.807, 2.05) is 6.92 Å². The normalized spacial score (nSPS) is 9.74. The van der Waals surface area contributed by atoms with Gasteiger partial charge in [-0.2, -0.15) is 0 Å². The molecule has 3 N–H and O–H groups in total. The minimum atomic E-state index is -0.643. The van der Waals surface area contributed by atoms with Crippen LogP contribution in [0.2, 0.25) is 0 Å². The Labute approximate surface area is 110 Å². The fourth-order valence-corrected chi connectivity index (χ4v) is 1.45. The van der Waals surface area contributed by atoms with E-state index in [2.05, 4.69) is 10.6 Å². The molecule has 0 fully saturated rings. The highest BCUT2D eigenvalue weighted by Crippen LogP contribution is 2.22. The van der Waals surface area contributed by atoms with Gasteiger partial charge in [0.05, 0.1) is 4.92 Å². The fraction of sp³-hybridized carbons (Fsp3) is 0.333. The Balaban J connectivity index is 2.62. The molecule has 7 nitrogen and oxygen atoms in total. The number of para-hydroxylation sites is 2. The number of rotatable bonds is 5. The monoisotopic (exact) mass is 264 g/mol. The topological polar surface area (TPSA) is 108 Å². The van der Waals surface area contributed by atoms with Crippen molar-refractivity contribution in [3.05, 3.63) is 34.4 Å². The van der Waals surface area contributed by atoms with Crippen LogP contribution in [0.25, 0.3) is 0 Å². The largest absolute Gasteiger partial charge is 0.324 e. The molecule has 0 heterocycles. The molecule has 0 bridgehead atoms. The van der Waals surface area contributed by atoms with Gasteiger partial charge < -0.3 is 5.32 Å². The average molecular weight is 264 g/mol. The van der Waals surface area contributed by atoms with Crippen LogP contribution in [-0.2, 0) is 0 Å². The summed E-state index contributed by atoms with van der Waals surface area (Å²) in [5, 5.41) is 23.0. The predicted octanol–water partition coefficient (Wildman–Crippen LogP) is 2.88. The Hall–Kier alpha value is -2.44. The second-order valence-electron chi connectivity index (χ2n) is 3.94. The van der Waals surface area contributed by atoms with Gasteiger partial charge in [0.25, 0.3) is 5.69 Å². The van der Waals surface area contributed by atoms with Gasteiger partial charge in [-0.1, -0.05) is 25.5 Å². The van der Waals surface area contributed by atoms with Crippen LogP contribution < -0.4 is 10.6 Å². The zero-order valence-corrected chi connectivity index (χ0v) is 10.6. The highest BCUT2D eigenvalue weighted by molar-refractivity contribution is 6.02. The van der Waals surface area contributed by atoms with Gasteiger partial charge in [0, 0.05) is 12.5 Å². The molecular formula is C12H16N4O3. The number of hydrogen-bond acceptors (Lipinski definition) is 4. The number of hydrogen-bond donors (Lipinski definition) is 3. The Bertz CT molecular complexity index is 488. The van der Waals surface area contributed by atoms with E-state index in [0.717, 1.165) is 12.8 Å². The summed E-state index contributed by atoms with van der Waals surface area (Å²) in [6.45, 7) is 1.99. The lowest BCUT2D eigenvalue weighted by Crippen LogP contribution is -2.33. The summed E-state index contributed by atoms with van der Waals surface area (Å²) in [7, 11) is 0. The van der Waals surface area contributed by atoms with E-state index in [-0.39, 0.29) is 17.2 Å². The summed E-state index contributed by atoms with van der Waals surface area (Å²) in [6, 6.07) is 5.20. The molecule has 0 spiro atoms. The van der Waals surface area contributed by atoms with Gasteiger partial charge >= 0.3 is 6.03 Å². The fourth-order valence-electron chi connectivity index (χ4n) is 1.45. The third-order valence-corrected chi connectivity index (χ3v) is 2.39. The van der Waals surface area contributed by atoms with Crippen LogP contribution in [-0.4, -0.2) is 16.8 Å². The number of benzene rings is 1. The first-order chi connectivity index (χ1) is 9.04. The van der Waals surface area contributed by atoms with E-state index < -0.39 is 11.0 Å². The summed E-state index contributed by atoms with van der Waals surface area (Å²) < 4.78 is 0. The maximum absolute atomic E-state index is 11.6. The molecule has 0 aliphatic heterocycles. The quantitative estimate of drug-likeness (QED) is 0.329. The molecule has 102 valence electrons. The second kappa shape index (κ2) is 7.10. The van der Waals surface area contributed by atoms with Crippen LogP contribution in [0.4, 0.5) is 16.2 Å². The first kappa shape index (κ1) is 14.6. The van der Waals surface area contributed by atoms with Crippen LogP contribution in [0.3, 0.4) is 0 Å². The van der Waals surface area contributed by atoms with Crippen molar-refractivity contribution >= 4 is 23.2 Å². The minimum Gasteiger partial charge on any atom is -0.302 e. The summed E-state index contributed by atoms with van der Waals surface area (Å²) in [5.41, 5.74) is -0.0777. The Kier molecular flexibility index (Phi) is 5.46. The van der Waals surface area contributed by atoms with Crippen molar-refractivity contribution in [2.24, 2.45) is 0 Å². The molecule has 0 unspecified atom stereocenters. The number of nitrogens with one attached hydrogen (secondary N) is 3. The maximum atomic E-state index is 11.6. The first-order valence-electron chi connectivity index (χ1n) is 5.93. The van der Waals surface area contributed by atoms with Gasteiger partial charge in [-0.25, -0.2) is 4.79 Å². The third kappa shape index (κ3) is 4.74. The number of amidine groups is 1. The zero-order chi connectivity index (χ0) is 14.3. The molecule has 1 rings (SSSR count). The third-order valence-electron chi connectivity index (χ3n) is 2.39. The molecule has 1 aromatic carbocycles. The van der Waals surface area contributed by atoms with Crippen molar-refractivity contribution in [3.8, 4) is 0 Å². The number of anilines is 1. The zero-order valence-electron chi connectivity index (χ0n) is 10.6. The lowest BCUT2D eigenvalue weighted by molar-refractivity contribution is -0.383. The molecule has 0 aliphatic rings. The van der Waals surface area contributed by atoms with Gasteiger partial charge in [0.1, 0.15) is 11.5 Å².